The maximum atomic E-state index is 12.9. The van der Waals surface area contributed by atoms with Crippen LogP contribution in [-0.2, 0) is 14.2 Å². The summed E-state index contributed by atoms with van der Waals surface area (Å²) in [6.07, 6.45) is 3.59. The Morgan fingerprint density at radius 3 is 2.80 bits per heavy atom. The number of hydrogen-bond donors (Lipinski definition) is 0. The van der Waals surface area contributed by atoms with Crippen molar-refractivity contribution >= 4 is 39.0 Å². The van der Waals surface area contributed by atoms with E-state index in [2.05, 4.69) is 30.6 Å². The zero-order chi connectivity index (χ0) is 22.1. The van der Waals surface area contributed by atoms with Gasteiger partial charge in [-0.15, -0.1) is 0 Å². The molecule has 0 bridgehead atoms. The zero-order valence-electron chi connectivity index (χ0n) is 17.3. The monoisotopic (exact) mass is 490 g/mol. The summed E-state index contributed by atoms with van der Waals surface area (Å²) in [6.45, 7) is 4.59. The van der Waals surface area contributed by atoms with E-state index < -0.39 is 31.0 Å². The number of nitrogens with zero attached hydrogens (tertiary/aromatic N) is 4. The molecular formula is C19H25BrF2N4O4. The highest BCUT2D eigenvalue weighted by atomic mass is 79.9. The molecule has 0 aliphatic carbocycles. The fourth-order valence-corrected chi connectivity index (χ4v) is 3.67. The number of ether oxygens (including phenoxy) is 3. The molecule has 0 spiro atoms. The largest absolute Gasteiger partial charge is 0.443 e. The smallest absolute Gasteiger partial charge is 0.417 e. The van der Waals surface area contributed by atoms with E-state index in [1.807, 2.05) is 10.8 Å². The van der Waals surface area contributed by atoms with Crippen molar-refractivity contribution in [3.8, 4) is 0 Å². The molecule has 11 heteroatoms. The van der Waals surface area contributed by atoms with Crippen LogP contribution in [0.2, 0.25) is 0 Å². The second kappa shape index (κ2) is 9.11. The minimum absolute atomic E-state index is 0.0490. The Kier molecular flexibility index (Phi) is 6.93. The fourth-order valence-electron chi connectivity index (χ4n) is 3.17. The lowest BCUT2D eigenvalue weighted by atomic mass is 10.2. The van der Waals surface area contributed by atoms with Gasteiger partial charge in [0.05, 0.1) is 30.7 Å². The molecule has 2 aromatic heterocycles. The Labute approximate surface area is 181 Å². The molecule has 8 nitrogen and oxygen atoms in total. The van der Waals surface area contributed by atoms with Crippen LogP contribution in [0.15, 0.2) is 16.9 Å². The van der Waals surface area contributed by atoms with Gasteiger partial charge in [0.2, 0.25) is 5.95 Å². The van der Waals surface area contributed by atoms with E-state index in [9.17, 15) is 13.6 Å². The second-order valence-corrected chi connectivity index (χ2v) is 8.96. The summed E-state index contributed by atoms with van der Waals surface area (Å²) in [5.74, 6) is 0.0490. The van der Waals surface area contributed by atoms with Crippen molar-refractivity contribution in [2.75, 3.05) is 24.7 Å². The van der Waals surface area contributed by atoms with Gasteiger partial charge in [-0.05, 0) is 50.0 Å². The molecule has 0 radical (unpaired) electrons. The lowest BCUT2D eigenvalue weighted by Crippen LogP contribution is -2.45. The number of carbonyl (C=O) groups is 1. The number of fused-ring (bicyclic) bond motifs is 1. The molecule has 1 aliphatic rings. The standard InChI is InChI=1S/C19H25BrF2N4O4/c1-11(9-29-16(21)22)26(18(27)30-19(2,3)4)17-23-7-13-14(20)8-25(15(13)24-17)12-5-6-28-10-12/h7-8,11-12,16H,5-6,9-10H2,1-4H3/t11?,12-/m1/s1. The van der Waals surface area contributed by atoms with Gasteiger partial charge in [0, 0.05) is 23.5 Å². The molecule has 3 rings (SSSR count). The Bertz CT molecular complexity index is 897. The third-order valence-electron chi connectivity index (χ3n) is 4.52. The van der Waals surface area contributed by atoms with Gasteiger partial charge < -0.3 is 18.8 Å². The average molecular weight is 491 g/mol. The minimum atomic E-state index is -2.95. The maximum Gasteiger partial charge on any atom is 0.417 e. The highest BCUT2D eigenvalue weighted by molar-refractivity contribution is 9.10. The van der Waals surface area contributed by atoms with Crippen LogP contribution in [0.25, 0.3) is 11.0 Å². The minimum Gasteiger partial charge on any atom is -0.443 e. The van der Waals surface area contributed by atoms with Crippen molar-refractivity contribution in [3.05, 3.63) is 16.9 Å². The second-order valence-electron chi connectivity index (χ2n) is 8.10. The number of hydrogen-bond acceptors (Lipinski definition) is 6. The quantitative estimate of drug-likeness (QED) is 0.591. The van der Waals surface area contributed by atoms with Gasteiger partial charge in [0.15, 0.2) is 0 Å². The van der Waals surface area contributed by atoms with Gasteiger partial charge >= 0.3 is 12.7 Å². The first kappa shape index (κ1) is 22.8. The van der Waals surface area contributed by atoms with Gasteiger partial charge in [-0.1, -0.05) is 0 Å². The van der Waals surface area contributed by atoms with E-state index in [0.717, 1.165) is 21.2 Å². The van der Waals surface area contributed by atoms with Crippen LogP contribution in [0.5, 0.6) is 0 Å². The molecule has 0 N–H and O–H groups in total. The fraction of sp³-hybridized carbons (Fsp3) is 0.632. The van der Waals surface area contributed by atoms with Crippen LogP contribution in [-0.4, -0.2) is 58.7 Å². The Hall–Kier alpha value is -1.85. The van der Waals surface area contributed by atoms with E-state index >= 15 is 0 Å². The van der Waals surface area contributed by atoms with Crippen molar-refractivity contribution in [2.24, 2.45) is 0 Å². The number of rotatable bonds is 6. The SMILES string of the molecule is CC(COC(F)F)N(C(=O)OC(C)(C)C)c1ncc2c(Br)cn([C@@H]3CCOC3)c2n1. The molecule has 1 saturated heterocycles. The van der Waals surface area contributed by atoms with Gasteiger partial charge in [-0.2, -0.15) is 13.8 Å². The van der Waals surface area contributed by atoms with E-state index in [4.69, 9.17) is 9.47 Å². The third kappa shape index (κ3) is 5.25. The average Bonchev–Trinajstić information content (AvgIpc) is 3.27. The molecule has 1 amide bonds. The molecule has 2 atom stereocenters. The molecule has 0 aromatic carbocycles. The lowest BCUT2D eigenvalue weighted by Gasteiger charge is -2.30. The van der Waals surface area contributed by atoms with Crippen molar-refractivity contribution in [1.82, 2.24) is 14.5 Å². The molecular weight excluding hydrogens is 466 g/mol. The van der Waals surface area contributed by atoms with Gasteiger partial charge in [0.1, 0.15) is 11.2 Å². The normalized spacial score (nSPS) is 18.2. The molecule has 3 heterocycles. The summed E-state index contributed by atoms with van der Waals surface area (Å²) in [7, 11) is 0. The van der Waals surface area contributed by atoms with Crippen molar-refractivity contribution in [1.29, 1.82) is 0 Å². The predicted octanol–water partition coefficient (Wildman–Crippen LogP) is 4.52. The summed E-state index contributed by atoms with van der Waals surface area (Å²) in [6, 6.07) is -0.677. The summed E-state index contributed by atoms with van der Waals surface area (Å²) in [5, 5.41) is 0.770. The van der Waals surface area contributed by atoms with Crippen molar-refractivity contribution in [2.45, 2.75) is 58.4 Å². The first-order valence-electron chi connectivity index (χ1n) is 9.59. The van der Waals surface area contributed by atoms with Gasteiger partial charge in [-0.3, -0.25) is 0 Å². The van der Waals surface area contributed by atoms with E-state index in [0.29, 0.717) is 18.9 Å². The summed E-state index contributed by atoms with van der Waals surface area (Å²) in [5.41, 5.74) is -0.175. The van der Waals surface area contributed by atoms with E-state index in [1.54, 1.807) is 33.9 Å². The first-order valence-corrected chi connectivity index (χ1v) is 10.4. The van der Waals surface area contributed by atoms with Crippen molar-refractivity contribution in [3.63, 3.8) is 0 Å². The van der Waals surface area contributed by atoms with E-state index in [1.165, 1.54) is 0 Å². The molecule has 2 aromatic rings. The third-order valence-corrected chi connectivity index (χ3v) is 5.15. The molecule has 1 fully saturated rings. The Morgan fingerprint density at radius 1 is 1.47 bits per heavy atom. The van der Waals surface area contributed by atoms with Gasteiger partial charge in [-0.25, -0.2) is 14.7 Å². The molecule has 1 aliphatic heterocycles. The van der Waals surface area contributed by atoms with Crippen LogP contribution in [0.1, 0.15) is 40.2 Å². The highest BCUT2D eigenvalue weighted by Gasteiger charge is 2.31. The predicted molar refractivity (Wildman–Crippen MR) is 110 cm³/mol. The zero-order valence-corrected chi connectivity index (χ0v) is 18.9. The van der Waals surface area contributed by atoms with Crippen LogP contribution in [0, 0.1) is 0 Å². The highest BCUT2D eigenvalue weighted by Crippen LogP contribution is 2.31. The molecule has 166 valence electrons. The van der Waals surface area contributed by atoms with Crippen molar-refractivity contribution < 1.29 is 27.8 Å². The molecule has 0 saturated carbocycles. The van der Waals surface area contributed by atoms with Crippen LogP contribution in [0.4, 0.5) is 19.5 Å². The van der Waals surface area contributed by atoms with Crippen LogP contribution < -0.4 is 4.90 Å². The summed E-state index contributed by atoms with van der Waals surface area (Å²) < 4.78 is 43.3. The number of carbonyl (C=O) groups excluding carboxylic acids is 1. The molecule has 30 heavy (non-hydrogen) atoms. The van der Waals surface area contributed by atoms with Gasteiger partial charge in [0.25, 0.3) is 0 Å². The summed E-state index contributed by atoms with van der Waals surface area (Å²) in [4.78, 5) is 22.9. The first-order chi connectivity index (χ1) is 14.1. The topological polar surface area (TPSA) is 78.7 Å². The molecule has 1 unspecified atom stereocenters. The number of anilines is 1. The van der Waals surface area contributed by atoms with Crippen LogP contribution in [0.3, 0.4) is 0 Å². The Morgan fingerprint density at radius 2 is 2.20 bits per heavy atom. The number of aromatic nitrogens is 3. The summed E-state index contributed by atoms with van der Waals surface area (Å²) >= 11 is 3.51. The number of alkyl halides is 2. The number of halogens is 3. The number of amides is 1. The lowest BCUT2D eigenvalue weighted by molar-refractivity contribution is -0.131. The van der Waals surface area contributed by atoms with Crippen LogP contribution >= 0.6 is 15.9 Å². The Balaban J connectivity index is 2.00. The maximum absolute atomic E-state index is 12.9. The van der Waals surface area contributed by atoms with E-state index in [-0.39, 0.29) is 12.0 Å².